The molecule has 8 aromatic carbocycles. The standard InChI is InChI=1S/C45H28N2O2/c1-3-9-29(10-4-1)30-17-20-34(21-18-30)47(35-22-19-32-16-15-31-11-7-8-14-37(31)38(32)25-35)36-23-24-42-39(26-36)40-27-41-44(28-43(40)48-42)49-45(46-41)33-12-5-2-6-13-33/h1-28H. The van der Waals surface area contributed by atoms with Crippen LogP contribution in [0.15, 0.2) is 179 Å². The van der Waals surface area contributed by atoms with Gasteiger partial charge in [0.05, 0.1) is 0 Å². The average Bonchev–Trinajstić information content (AvgIpc) is 3.75. The topological polar surface area (TPSA) is 42.4 Å². The van der Waals surface area contributed by atoms with E-state index in [1.165, 1.54) is 32.7 Å². The largest absolute Gasteiger partial charge is 0.456 e. The van der Waals surface area contributed by atoms with Gasteiger partial charge < -0.3 is 13.7 Å². The molecule has 0 bridgehead atoms. The molecule has 2 aromatic heterocycles. The van der Waals surface area contributed by atoms with Crippen LogP contribution in [0.5, 0.6) is 0 Å². The second-order valence-electron chi connectivity index (χ2n) is 12.4. The summed E-state index contributed by atoms with van der Waals surface area (Å²) in [6.45, 7) is 0. The molecule has 10 rings (SSSR count). The molecule has 49 heavy (non-hydrogen) atoms. The van der Waals surface area contributed by atoms with Crippen molar-refractivity contribution in [3.8, 4) is 22.6 Å². The Kier molecular flexibility index (Phi) is 6.15. The van der Waals surface area contributed by atoms with Crippen LogP contribution in [0.4, 0.5) is 17.1 Å². The first-order valence-corrected chi connectivity index (χ1v) is 16.4. The van der Waals surface area contributed by atoms with Crippen LogP contribution in [0, 0.1) is 0 Å². The van der Waals surface area contributed by atoms with Gasteiger partial charge in [-0.05, 0) is 93.3 Å². The van der Waals surface area contributed by atoms with Crippen LogP contribution in [0.25, 0.3) is 77.2 Å². The maximum atomic E-state index is 6.39. The van der Waals surface area contributed by atoms with Gasteiger partial charge in [-0.2, -0.15) is 0 Å². The fraction of sp³-hybridized carbons (Fsp3) is 0. The Balaban J connectivity index is 1.15. The molecule has 0 unspecified atom stereocenters. The summed E-state index contributed by atoms with van der Waals surface area (Å²) in [6.07, 6.45) is 0. The highest BCUT2D eigenvalue weighted by Crippen LogP contribution is 2.42. The predicted molar refractivity (Wildman–Crippen MR) is 202 cm³/mol. The molecule has 0 saturated carbocycles. The molecule has 0 fully saturated rings. The molecule has 10 aromatic rings. The molecule has 0 aliphatic heterocycles. The highest BCUT2D eigenvalue weighted by atomic mass is 16.4. The molecule has 0 radical (unpaired) electrons. The van der Waals surface area contributed by atoms with Crippen molar-refractivity contribution >= 4 is 71.6 Å². The Bertz CT molecular complexity index is 2820. The summed E-state index contributed by atoms with van der Waals surface area (Å²) in [6, 6.07) is 59.5. The number of aromatic nitrogens is 1. The first-order chi connectivity index (χ1) is 24.2. The van der Waals surface area contributed by atoms with Gasteiger partial charge in [0.25, 0.3) is 0 Å². The Labute approximate surface area is 282 Å². The van der Waals surface area contributed by atoms with E-state index in [0.717, 1.165) is 50.1 Å². The van der Waals surface area contributed by atoms with Gasteiger partial charge >= 0.3 is 0 Å². The monoisotopic (exact) mass is 628 g/mol. The summed E-state index contributed by atoms with van der Waals surface area (Å²) in [7, 11) is 0. The maximum Gasteiger partial charge on any atom is 0.227 e. The van der Waals surface area contributed by atoms with E-state index in [2.05, 4.69) is 138 Å². The van der Waals surface area contributed by atoms with E-state index in [4.69, 9.17) is 13.8 Å². The van der Waals surface area contributed by atoms with E-state index < -0.39 is 0 Å². The molecule has 2 heterocycles. The van der Waals surface area contributed by atoms with Gasteiger partial charge in [-0.25, -0.2) is 4.98 Å². The molecular formula is C45H28N2O2. The molecule has 4 heteroatoms. The van der Waals surface area contributed by atoms with Crippen molar-refractivity contribution in [2.45, 2.75) is 0 Å². The summed E-state index contributed by atoms with van der Waals surface area (Å²) in [4.78, 5) is 7.17. The average molecular weight is 629 g/mol. The summed E-state index contributed by atoms with van der Waals surface area (Å²) in [5, 5.41) is 6.93. The van der Waals surface area contributed by atoms with Crippen LogP contribution in [-0.4, -0.2) is 4.98 Å². The maximum absolute atomic E-state index is 6.39. The number of nitrogens with zero attached hydrogens (tertiary/aromatic N) is 2. The fourth-order valence-corrected chi connectivity index (χ4v) is 7.04. The zero-order chi connectivity index (χ0) is 32.3. The molecule has 0 saturated heterocycles. The highest BCUT2D eigenvalue weighted by Gasteiger charge is 2.18. The fourth-order valence-electron chi connectivity index (χ4n) is 7.04. The summed E-state index contributed by atoms with van der Waals surface area (Å²) in [5.41, 5.74) is 9.59. The minimum absolute atomic E-state index is 0.599. The number of anilines is 3. The second kappa shape index (κ2) is 11.0. The normalized spacial score (nSPS) is 11.7. The summed E-state index contributed by atoms with van der Waals surface area (Å²) < 4.78 is 12.5. The van der Waals surface area contributed by atoms with E-state index in [-0.39, 0.29) is 0 Å². The van der Waals surface area contributed by atoms with E-state index in [9.17, 15) is 0 Å². The van der Waals surface area contributed by atoms with Crippen molar-refractivity contribution < 1.29 is 8.83 Å². The van der Waals surface area contributed by atoms with Gasteiger partial charge in [0.15, 0.2) is 5.58 Å². The number of hydrogen-bond donors (Lipinski definition) is 0. The summed E-state index contributed by atoms with van der Waals surface area (Å²) in [5.74, 6) is 0.599. The molecule has 0 spiro atoms. The number of hydrogen-bond acceptors (Lipinski definition) is 4. The van der Waals surface area contributed by atoms with Crippen LogP contribution in [0.2, 0.25) is 0 Å². The molecule has 0 amide bonds. The van der Waals surface area contributed by atoms with Gasteiger partial charge in [-0.1, -0.05) is 103 Å². The van der Waals surface area contributed by atoms with Gasteiger partial charge in [0.2, 0.25) is 5.89 Å². The van der Waals surface area contributed by atoms with Gasteiger partial charge in [0.1, 0.15) is 16.7 Å². The lowest BCUT2D eigenvalue weighted by molar-refractivity contribution is 0.617. The van der Waals surface area contributed by atoms with Crippen molar-refractivity contribution in [2.75, 3.05) is 4.90 Å². The van der Waals surface area contributed by atoms with Gasteiger partial charge in [-0.15, -0.1) is 0 Å². The second-order valence-corrected chi connectivity index (χ2v) is 12.4. The van der Waals surface area contributed by atoms with E-state index in [1.54, 1.807) is 0 Å². The summed E-state index contributed by atoms with van der Waals surface area (Å²) >= 11 is 0. The number of oxazole rings is 1. The highest BCUT2D eigenvalue weighted by molar-refractivity contribution is 6.11. The van der Waals surface area contributed by atoms with Gasteiger partial charge in [0, 0.05) is 39.5 Å². The van der Waals surface area contributed by atoms with Crippen LogP contribution in [0.3, 0.4) is 0 Å². The first kappa shape index (κ1) is 27.5. The first-order valence-electron chi connectivity index (χ1n) is 16.4. The van der Waals surface area contributed by atoms with Crippen LogP contribution in [0.1, 0.15) is 0 Å². The molecule has 0 aliphatic rings. The third-order valence-corrected chi connectivity index (χ3v) is 9.46. The van der Waals surface area contributed by atoms with Crippen molar-refractivity contribution in [1.29, 1.82) is 0 Å². The molecule has 230 valence electrons. The molecule has 0 atom stereocenters. The quantitative estimate of drug-likeness (QED) is 0.178. The molecule has 0 N–H and O–H groups in total. The Morgan fingerprint density at radius 1 is 0.367 bits per heavy atom. The SMILES string of the molecule is c1ccc(-c2ccc(N(c3ccc4ccc5ccccc5c4c3)c3ccc4oc5cc6oc(-c7ccccc7)nc6cc5c4c3)cc2)cc1. The van der Waals surface area contributed by atoms with Crippen LogP contribution in [-0.2, 0) is 0 Å². The van der Waals surface area contributed by atoms with E-state index in [0.29, 0.717) is 11.5 Å². The number of benzene rings is 8. The Hall–Kier alpha value is -6.65. The lowest BCUT2D eigenvalue weighted by Gasteiger charge is -2.26. The van der Waals surface area contributed by atoms with E-state index >= 15 is 0 Å². The lowest BCUT2D eigenvalue weighted by atomic mass is 10.0. The van der Waals surface area contributed by atoms with Crippen LogP contribution < -0.4 is 4.90 Å². The van der Waals surface area contributed by atoms with Crippen molar-refractivity contribution in [3.05, 3.63) is 170 Å². The smallest absolute Gasteiger partial charge is 0.227 e. The Morgan fingerprint density at radius 3 is 1.76 bits per heavy atom. The molecule has 0 aliphatic carbocycles. The third-order valence-electron chi connectivity index (χ3n) is 9.46. The zero-order valence-electron chi connectivity index (χ0n) is 26.4. The Morgan fingerprint density at radius 2 is 0.959 bits per heavy atom. The minimum atomic E-state index is 0.599. The third kappa shape index (κ3) is 4.65. The molecule has 4 nitrogen and oxygen atoms in total. The number of rotatable bonds is 5. The van der Waals surface area contributed by atoms with Crippen LogP contribution >= 0.6 is 0 Å². The van der Waals surface area contributed by atoms with E-state index in [1.807, 2.05) is 36.4 Å². The minimum Gasteiger partial charge on any atom is -0.456 e. The lowest BCUT2D eigenvalue weighted by Crippen LogP contribution is -2.09. The predicted octanol–water partition coefficient (Wildman–Crippen LogP) is 12.8. The molecular weight excluding hydrogens is 601 g/mol. The van der Waals surface area contributed by atoms with Crippen molar-refractivity contribution in [3.63, 3.8) is 0 Å². The zero-order valence-corrected chi connectivity index (χ0v) is 26.4. The van der Waals surface area contributed by atoms with Crippen molar-refractivity contribution in [2.24, 2.45) is 0 Å². The number of fused-ring (bicyclic) bond motifs is 7. The number of furan rings is 1. The van der Waals surface area contributed by atoms with Gasteiger partial charge in [-0.3, -0.25) is 0 Å². The van der Waals surface area contributed by atoms with Crippen molar-refractivity contribution in [1.82, 2.24) is 4.98 Å².